The van der Waals surface area contributed by atoms with Crippen molar-refractivity contribution in [2.75, 3.05) is 13.3 Å². The lowest BCUT2D eigenvalue weighted by atomic mass is 10.0. The van der Waals surface area contributed by atoms with Gasteiger partial charge in [-0.3, -0.25) is 14.0 Å². The van der Waals surface area contributed by atoms with E-state index < -0.39 is 43.0 Å². The normalized spacial score (nSPS) is 26.1. The van der Waals surface area contributed by atoms with E-state index in [0.717, 1.165) is 5.56 Å². The first-order valence-corrected chi connectivity index (χ1v) is 7.68. The Labute approximate surface area is 139 Å². The molecule has 1 aromatic carbocycles. The van der Waals surface area contributed by atoms with E-state index in [1.807, 2.05) is 30.3 Å². The zero-order valence-electron chi connectivity index (χ0n) is 13.6. The van der Waals surface area contributed by atoms with Gasteiger partial charge in [-0.1, -0.05) is 30.3 Å². The van der Waals surface area contributed by atoms with E-state index >= 15 is 0 Å². The molecule has 0 amide bonds. The smallest absolute Gasteiger partial charge is 0.305 e. The van der Waals surface area contributed by atoms with E-state index in [1.54, 1.807) is 0 Å². The molecule has 1 saturated heterocycles. The molecule has 0 N–H and O–H groups in total. The fourth-order valence-electron chi connectivity index (χ4n) is 2.57. The monoisotopic (exact) mass is 340 g/mol. The molecule has 24 heavy (non-hydrogen) atoms. The van der Waals surface area contributed by atoms with Crippen molar-refractivity contribution in [3.05, 3.63) is 35.9 Å². The van der Waals surface area contributed by atoms with Gasteiger partial charge in [0.25, 0.3) is 0 Å². The highest BCUT2D eigenvalue weighted by Gasteiger charge is 2.48. The van der Waals surface area contributed by atoms with E-state index in [9.17, 15) is 14.0 Å². The highest BCUT2D eigenvalue weighted by molar-refractivity contribution is 5.67. The van der Waals surface area contributed by atoms with Crippen LogP contribution in [0.5, 0.6) is 0 Å². The Balaban J connectivity index is 1.97. The van der Waals surface area contributed by atoms with Gasteiger partial charge in [0.2, 0.25) is 6.29 Å². The molecule has 0 radical (unpaired) electrons. The number of esters is 2. The highest BCUT2D eigenvalue weighted by atomic mass is 19.1. The largest absolute Gasteiger partial charge is 0.455 e. The van der Waals surface area contributed by atoms with Gasteiger partial charge >= 0.3 is 11.9 Å². The summed E-state index contributed by atoms with van der Waals surface area (Å²) in [7, 11) is 0. The molecular formula is C17H21FO6. The summed E-state index contributed by atoms with van der Waals surface area (Å²) in [5.74, 6) is -1.94. The summed E-state index contributed by atoms with van der Waals surface area (Å²) < 4.78 is 34.6. The van der Waals surface area contributed by atoms with Crippen LogP contribution in [0.25, 0.3) is 0 Å². The average molecular weight is 340 g/mol. The van der Waals surface area contributed by atoms with E-state index in [-0.39, 0.29) is 6.61 Å². The molecule has 0 aromatic heterocycles. The van der Waals surface area contributed by atoms with Crippen molar-refractivity contribution >= 4 is 11.9 Å². The Bertz CT molecular complexity index is 549. The second-order valence-corrected chi connectivity index (χ2v) is 5.55. The van der Waals surface area contributed by atoms with Crippen molar-refractivity contribution in [1.82, 2.24) is 0 Å². The lowest BCUT2D eigenvalue weighted by Gasteiger charge is -2.20. The molecule has 7 heteroatoms. The summed E-state index contributed by atoms with van der Waals surface area (Å²) in [5.41, 5.74) is 0.973. The quantitative estimate of drug-likeness (QED) is 0.707. The summed E-state index contributed by atoms with van der Waals surface area (Å²) in [6, 6.07) is 9.50. The number of benzene rings is 1. The van der Waals surface area contributed by atoms with Crippen molar-refractivity contribution in [1.29, 1.82) is 0 Å². The van der Waals surface area contributed by atoms with Crippen LogP contribution in [0.1, 0.15) is 19.4 Å². The van der Waals surface area contributed by atoms with Gasteiger partial charge in [0.1, 0.15) is 0 Å². The van der Waals surface area contributed by atoms with Crippen molar-refractivity contribution in [3.63, 3.8) is 0 Å². The number of hydrogen-bond donors (Lipinski definition) is 0. The predicted molar refractivity (Wildman–Crippen MR) is 81.5 cm³/mol. The molecule has 0 bridgehead atoms. The number of hydrogen-bond acceptors (Lipinski definition) is 6. The maximum Gasteiger partial charge on any atom is 0.305 e. The Morgan fingerprint density at radius 2 is 1.79 bits per heavy atom. The predicted octanol–water partition coefficient (Wildman–Crippen LogP) is 2.01. The van der Waals surface area contributed by atoms with Crippen LogP contribution in [-0.2, 0) is 35.1 Å². The first kappa shape index (κ1) is 18.4. The van der Waals surface area contributed by atoms with E-state index in [0.29, 0.717) is 6.61 Å². The van der Waals surface area contributed by atoms with Crippen LogP contribution >= 0.6 is 0 Å². The minimum absolute atomic E-state index is 0.0962. The third-order valence-electron chi connectivity index (χ3n) is 3.63. The van der Waals surface area contributed by atoms with Crippen LogP contribution in [0.15, 0.2) is 30.3 Å². The maximum atomic E-state index is 13.4. The Morgan fingerprint density at radius 1 is 1.12 bits per heavy atom. The number of carbonyl (C=O) groups is 2. The molecule has 132 valence electrons. The molecule has 2 rings (SSSR count). The number of ether oxygens (including phenoxy) is 4. The van der Waals surface area contributed by atoms with Gasteiger partial charge in [0.05, 0.1) is 31.9 Å². The lowest BCUT2D eigenvalue weighted by Crippen LogP contribution is -2.36. The lowest BCUT2D eigenvalue weighted by molar-refractivity contribution is -0.196. The molecule has 0 aliphatic carbocycles. The average Bonchev–Trinajstić information content (AvgIpc) is 2.84. The van der Waals surface area contributed by atoms with Gasteiger partial charge in [-0.15, -0.1) is 0 Å². The molecule has 1 heterocycles. The first-order chi connectivity index (χ1) is 11.5. The fourth-order valence-corrected chi connectivity index (χ4v) is 2.57. The summed E-state index contributed by atoms with van der Waals surface area (Å²) in [4.78, 5) is 22.4. The number of alkyl halides is 1. The standard InChI is InChI=1S/C17H21FO6/c1-11(19)22-16-14(8-18)15(24-17(16)23-12(2)20)10-21-9-13-6-4-3-5-7-13/h3-7,14-17H,8-10H2,1-2H3/t14-,15-,16-,17-/m1/s1. The van der Waals surface area contributed by atoms with Gasteiger partial charge in [-0.05, 0) is 5.56 Å². The van der Waals surface area contributed by atoms with Gasteiger partial charge in [-0.25, -0.2) is 0 Å². The topological polar surface area (TPSA) is 71.1 Å². The Morgan fingerprint density at radius 3 is 2.38 bits per heavy atom. The van der Waals surface area contributed by atoms with Crippen LogP contribution in [0.3, 0.4) is 0 Å². The second-order valence-electron chi connectivity index (χ2n) is 5.55. The van der Waals surface area contributed by atoms with Crippen molar-refractivity contribution in [2.24, 2.45) is 5.92 Å². The van der Waals surface area contributed by atoms with Gasteiger partial charge < -0.3 is 18.9 Å². The Kier molecular flexibility index (Phi) is 6.69. The summed E-state index contributed by atoms with van der Waals surface area (Å²) >= 11 is 0. The first-order valence-electron chi connectivity index (χ1n) is 7.68. The van der Waals surface area contributed by atoms with Gasteiger partial charge in [0, 0.05) is 13.8 Å². The zero-order valence-corrected chi connectivity index (χ0v) is 13.6. The summed E-state index contributed by atoms with van der Waals surface area (Å²) in [5, 5.41) is 0. The molecule has 1 aliphatic rings. The molecule has 1 aromatic rings. The Hall–Kier alpha value is -1.99. The van der Waals surface area contributed by atoms with E-state index in [2.05, 4.69) is 0 Å². The van der Waals surface area contributed by atoms with E-state index in [4.69, 9.17) is 18.9 Å². The highest BCUT2D eigenvalue weighted by Crippen LogP contribution is 2.31. The molecule has 0 saturated carbocycles. The molecule has 1 fully saturated rings. The summed E-state index contributed by atoms with van der Waals surface area (Å²) in [6.07, 6.45) is -2.79. The fraction of sp³-hybridized carbons (Fsp3) is 0.529. The van der Waals surface area contributed by atoms with Gasteiger partial charge in [-0.2, -0.15) is 0 Å². The van der Waals surface area contributed by atoms with Crippen LogP contribution in [-0.4, -0.2) is 43.7 Å². The van der Waals surface area contributed by atoms with Gasteiger partial charge in [0.15, 0.2) is 6.10 Å². The summed E-state index contributed by atoms with van der Waals surface area (Å²) in [6.45, 7) is 2.07. The van der Waals surface area contributed by atoms with Crippen LogP contribution in [0, 0.1) is 5.92 Å². The molecule has 0 spiro atoms. The van der Waals surface area contributed by atoms with E-state index in [1.165, 1.54) is 13.8 Å². The van der Waals surface area contributed by atoms with Crippen LogP contribution < -0.4 is 0 Å². The maximum absolute atomic E-state index is 13.4. The molecule has 6 nitrogen and oxygen atoms in total. The van der Waals surface area contributed by atoms with Crippen molar-refractivity contribution < 1.29 is 32.9 Å². The number of rotatable bonds is 7. The SMILES string of the molecule is CC(=O)O[C@@H]1O[C@H](COCc2ccccc2)[C@@H](CF)[C@H]1OC(C)=O. The van der Waals surface area contributed by atoms with Crippen LogP contribution in [0.4, 0.5) is 4.39 Å². The third-order valence-corrected chi connectivity index (χ3v) is 3.63. The van der Waals surface area contributed by atoms with Crippen molar-refractivity contribution in [3.8, 4) is 0 Å². The number of carbonyl (C=O) groups excluding carboxylic acids is 2. The van der Waals surface area contributed by atoms with Crippen molar-refractivity contribution in [2.45, 2.75) is 39.0 Å². The third kappa shape index (κ3) is 5.01. The van der Waals surface area contributed by atoms with Crippen LogP contribution in [0.2, 0.25) is 0 Å². The molecule has 4 atom stereocenters. The molecular weight excluding hydrogens is 319 g/mol. The molecule has 1 aliphatic heterocycles. The second kappa shape index (κ2) is 8.75. The minimum atomic E-state index is -1.13. The number of halogens is 1. The zero-order chi connectivity index (χ0) is 17.5. The minimum Gasteiger partial charge on any atom is -0.455 e. The molecule has 0 unspecified atom stereocenters.